The van der Waals surface area contributed by atoms with Crippen LogP contribution in [0.25, 0.3) is 0 Å². The molecule has 2 aromatic rings. The summed E-state index contributed by atoms with van der Waals surface area (Å²) in [4.78, 5) is 44.4. The first kappa shape index (κ1) is 26.4. The molecule has 150 valence electrons. The van der Waals surface area contributed by atoms with Crippen molar-refractivity contribution in [3.8, 4) is 0 Å². The standard InChI is InChI=1S/2C11H12O3.Ti/c2*1-2-9(11(13)14)10(12)8-6-4-3-5-7-8;/h2*3-7,9H,2H2,1H3,(H,13,14);/q;;+2/p-2. The van der Waals surface area contributed by atoms with E-state index in [1.54, 1.807) is 74.5 Å². The Labute approximate surface area is 184 Å². The third-order valence-corrected chi connectivity index (χ3v) is 4.14. The van der Waals surface area contributed by atoms with Crippen molar-refractivity contribution in [3.05, 3.63) is 71.8 Å². The smallest absolute Gasteiger partial charge is 0.549 e. The van der Waals surface area contributed by atoms with Crippen molar-refractivity contribution >= 4 is 23.5 Å². The van der Waals surface area contributed by atoms with Gasteiger partial charge in [0.05, 0.1) is 23.8 Å². The summed E-state index contributed by atoms with van der Waals surface area (Å²) in [6.45, 7) is 3.31. The zero-order chi connectivity index (χ0) is 21.1. The predicted molar refractivity (Wildman–Crippen MR) is 99.1 cm³/mol. The first-order chi connectivity index (χ1) is 13.3. The second-order valence-corrected chi connectivity index (χ2v) is 6.02. The predicted octanol–water partition coefficient (Wildman–Crippen LogP) is 1.29. The Morgan fingerprint density at radius 3 is 1.14 bits per heavy atom. The number of aliphatic carboxylic acids is 2. The molecular formula is C22H22O6Ti. The van der Waals surface area contributed by atoms with Crippen LogP contribution in [0.15, 0.2) is 60.7 Å². The van der Waals surface area contributed by atoms with Gasteiger partial charge < -0.3 is 19.8 Å². The van der Waals surface area contributed by atoms with Crippen molar-refractivity contribution < 1.29 is 51.1 Å². The third kappa shape index (κ3) is 8.14. The summed E-state index contributed by atoms with van der Waals surface area (Å²) in [5.74, 6) is -5.43. The summed E-state index contributed by atoms with van der Waals surface area (Å²) in [5.41, 5.74) is 0.840. The van der Waals surface area contributed by atoms with E-state index in [4.69, 9.17) is 0 Å². The molecular weight excluding hydrogens is 408 g/mol. The zero-order valence-corrected chi connectivity index (χ0v) is 17.9. The van der Waals surface area contributed by atoms with Gasteiger partial charge in [-0.3, -0.25) is 9.59 Å². The maximum Gasteiger partial charge on any atom is 2.00 e. The molecule has 0 radical (unpaired) electrons. The third-order valence-electron chi connectivity index (χ3n) is 4.14. The molecule has 0 amide bonds. The van der Waals surface area contributed by atoms with Gasteiger partial charge in [-0.15, -0.1) is 0 Å². The molecule has 7 heteroatoms. The molecule has 2 atom stereocenters. The van der Waals surface area contributed by atoms with Gasteiger partial charge in [0.1, 0.15) is 0 Å². The minimum atomic E-state index is -1.30. The number of carbonyl (C=O) groups is 4. The van der Waals surface area contributed by atoms with E-state index in [2.05, 4.69) is 0 Å². The number of hydrogen-bond donors (Lipinski definition) is 0. The largest absolute Gasteiger partial charge is 2.00 e. The average molecular weight is 430 g/mol. The second-order valence-electron chi connectivity index (χ2n) is 6.02. The van der Waals surface area contributed by atoms with E-state index < -0.39 is 23.8 Å². The molecule has 0 bridgehead atoms. The maximum atomic E-state index is 11.6. The molecule has 0 saturated heterocycles. The van der Waals surface area contributed by atoms with Gasteiger partial charge in [-0.2, -0.15) is 0 Å². The number of rotatable bonds is 8. The molecule has 0 aliphatic heterocycles. The van der Waals surface area contributed by atoms with Gasteiger partial charge in [-0.05, 0) is 12.8 Å². The van der Waals surface area contributed by atoms with Crippen molar-refractivity contribution in [3.63, 3.8) is 0 Å². The van der Waals surface area contributed by atoms with Crippen LogP contribution < -0.4 is 10.2 Å². The Kier molecular flexibility index (Phi) is 12.4. The summed E-state index contributed by atoms with van der Waals surface area (Å²) in [7, 11) is 0. The molecule has 2 unspecified atom stereocenters. The SMILES string of the molecule is CCC(C(=O)[O-])C(=O)c1ccccc1.CCC(C(=O)[O-])C(=O)c1ccccc1.[Ti+2]. The van der Waals surface area contributed by atoms with E-state index in [0.29, 0.717) is 11.1 Å². The van der Waals surface area contributed by atoms with Crippen LogP contribution in [-0.4, -0.2) is 23.5 Å². The topological polar surface area (TPSA) is 114 Å². The van der Waals surface area contributed by atoms with Crippen LogP contribution >= 0.6 is 0 Å². The first-order valence-corrected chi connectivity index (χ1v) is 8.93. The minimum absolute atomic E-state index is 0. The normalized spacial score (nSPS) is 11.7. The quantitative estimate of drug-likeness (QED) is 0.354. The van der Waals surface area contributed by atoms with Gasteiger partial charge in [0.15, 0.2) is 11.6 Å². The number of hydrogen-bond acceptors (Lipinski definition) is 6. The Morgan fingerprint density at radius 2 is 0.931 bits per heavy atom. The molecule has 0 fully saturated rings. The van der Waals surface area contributed by atoms with Gasteiger partial charge in [0, 0.05) is 11.1 Å². The van der Waals surface area contributed by atoms with Crippen LogP contribution in [0, 0.1) is 11.8 Å². The van der Waals surface area contributed by atoms with Crippen LogP contribution in [0.2, 0.25) is 0 Å². The van der Waals surface area contributed by atoms with Gasteiger partial charge in [0.25, 0.3) is 0 Å². The van der Waals surface area contributed by atoms with Crippen molar-refractivity contribution in [2.24, 2.45) is 11.8 Å². The number of Topliss-reactive ketones (excluding diaryl/α,β-unsaturated/α-hetero) is 2. The van der Waals surface area contributed by atoms with Crippen LogP contribution in [0.1, 0.15) is 47.4 Å². The maximum absolute atomic E-state index is 11.6. The van der Waals surface area contributed by atoms with E-state index in [-0.39, 0.29) is 46.1 Å². The fraction of sp³-hybridized carbons (Fsp3) is 0.273. The minimum Gasteiger partial charge on any atom is -0.549 e. The number of ketones is 2. The van der Waals surface area contributed by atoms with Crippen LogP contribution in [-0.2, 0) is 31.3 Å². The number of carboxylic acid groups (broad SMARTS) is 2. The Hall–Kier alpha value is -2.57. The Balaban J connectivity index is 0.000000523. The molecule has 0 spiro atoms. The number of benzene rings is 2. The number of carbonyl (C=O) groups excluding carboxylic acids is 4. The molecule has 0 N–H and O–H groups in total. The first-order valence-electron chi connectivity index (χ1n) is 8.93. The van der Waals surface area contributed by atoms with Gasteiger partial charge in [-0.1, -0.05) is 74.5 Å². The monoisotopic (exact) mass is 430 g/mol. The Bertz CT molecular complexity index is 735. The van der Waals surface area contributed by atoms with E-state index in [1.165, 1.54) is 0 Å². The fourth-order valence-electron chi connectivity index (χ4n) is 2.53. The van der Waals surface area contributed by atoms with E-state index in [0.717, 1.165) is 0 Å². The summed E-state index contributed by atoms with van der Waals surface area (Å²) >= 11 is 0. The van der Waals surface area contributed by atoms with E-state index >= 15 is 0 Å². The molecule has 0 saturated carbocycles. The van der Waals surface area contributed by atoms with E-state index in [9.17, 15) is 29.4 Å². The van der Waals surface area contributed by atoms with Crippen molar-refractivity contribution in [1.82, 2.24) is 0 Å². The Morgan fingerprint density at radius 1 is 0.655 bits per heavy atom. The fourth-order valence-corrected chi connectivity index (χ4v) is 2.53. The summed E-state index contributed by atoms with van der Waals surface area (Å²) in [6.07, 6.45) is 0.520. The molecule has 29 heavy (non-hydrogen) atoms. The molecule has 0 aromatic heterocycles. The second kappa shape index (κ2) is 13.6. The van der Waals surface area contributed by atoms with Gasteiger partial charge in [-0.25, -0.2) is 0 Å². The molecule has 2 aromatic carbocycles. The molecule has 2 rings (SSSR count). The summed E-state index contributed by atoms with van der Waals surface area (Å²) in [6, 6.07) is 16.8. The van der Waals surface area contributed by atoms with Crippen LogP contribution in [0.5, 0.6) is 0 Å². The summed E-state index contributed by atoms with van der Waals surface area (Å²) in [5, 5.41) is 21.2. The molecule has 0 aliphatic rings. The zero-order valence-electron chi connectivity index (χ0n) is 16.3. The van der Waals surface area contributed by atoms with Crippen LogP contribution in [0.4, 0.5) is 0 Å². The number of carboxylic acids is 2. The molecule has 0 heterocycles. The average Bonchev–Trinajstić information content (AvgIpc) is 2.70. The van der Waals surface area contributed by atoms with Gasteiger partial charge in [0.2, 0.25) is 0 Å². The van der Waals surface area contributed by atoms with Crippen LogP contribution in [0.3, 0.4) is 0 Å². The van der Waals surface area contributed by atoms with Gasteiger partial charge >= 0.3 is 21.7 Å². The van der Waals surface area contributed by atoms with Crippen molar-refractivity contribution in [1.29, 1.82) is 0 Å². The summed E-state index contributed by atoms with van der Waals surface area (Å²) < 4.78 is 0. The van der Waals surface area contributed by atoms with Crippen molar-refractivity contribution in [2.45, 2.75) is 26.7 Å². The molecule has 6 nitrogen and oxygen atoms in total. The molecule has 0 aliphatic carbocycles. The van der Waals surface area contributed by atoms with Crippen molar-refractivity contribution in [2.75, 3.05) is 0 Å². The van der Waals surface area contributed by atoms with E-state index in [1.807, 2.05) is 0 Å².